The maximum absolute atomic E-state index is 12.0. The first-order chi connectivity index (χ1) is 11.4. The van der Waals surface area contributed by atoms with Crippen LogP contribution in [-0.4, -0.2) is 24.0 Å². The van der Waals surface area contributed by atoms with Crippen molar-refractivity contribution in [2.75, 3.05) is 12.4 Å². The molecule has 1 N–H and O–H groups in total. The number of non-ortho nitro benzene ring substituents is 1. The first-order valence-electron chi connectivity index (χ1n) is 7.40. The second kappa shape index (κ2) is 5.84. The highest BCUT2D eigenvalue weighted by Crippen LogP contribution is 2.35. The second-order valence-electron chi connectivity index (χ2n) is 5.72. The van der Waals surface area contributed by atoms with Crippen molar-refractivity contribution in [1.82, 2.24) is 0 Å². The van der Waals surface area contributed by atoms with Crippen LogP contribution in [0.2, 0.25) is 0 Å². The SMILES string of the molecule is COC(=O)c1cc2oc3ccc([N+](=O)[O-])cc3c2cc1NC(C)C. The summed E-state index contributed by atoms with van der Waals surface area (Å²) in [5.41, 5.74) is 1.93. The van der Waals surface area contributed by atoms with Crippen LogP contribution in [0.15, 0.2) is 34.7 Å². The number of furan rings is 1. The number of anilines is 1. The molecule has 0 atom stereocenters. The Bertz CT molecular complexity index is 958. The fraction of sp³-hybridized carbons (Fsp3) is 0.235. The molecule has 0 saturated heterocycles. The van der Waals surface area contributed by atoms with E-state index in [0.717, 1.165) is 0 Å². The number of nitro benzene ring substituents is 1. The number of hydrogen-bond donors (Lipinski definition) is 1. The van der Waals surface area contributed by atoms with Crippen LogP contribution in [0, 0.1) is 10.1 Å². The van der Waals surface area contributed by atoms with Gasteiger partial charge in [-0.05, 0) is 32.0 Å². The van der Waals surface area contributed by atoms with Crippen LogP contribution in [0.5, 0.6) is 0 Å². The number of rotatable bonds is 4. The highest BCUT2D eigenvalue weighted by molar-refractivity contribution is 6.10. The lowest BCUT2D eigenvalue weighted by Crippen LogP contribution is -2.14. The molecular formula is C17H16N2O5. The van der Waals surface area contributed by atoms with Crippen LogP contribution in [0.3, 0.4) is 0 Å². The molecule has 0 radical (unpaired) electrons. The van der Waals surface area contributed by atoms with Crippen LogP contribution >= 0.6 is 0 Å². The molecule has 1 heterocycles. The molecule has 3 rings (SSSR count). The molecule has 0 aliphatic rings. The molecule has 2 aromatic carbocycles. The number of carbonyl (C=O) groups excluding carboxylic acids is 1. The van der Waals surface area contributed by atoms with E-state index in [0.29, 0.717) is 33.2 Å². The molecule has 7 heteroatoms. The number of nitrogens with zero attached hydrogens (tertiary/aromatic N) is 1. The minimum absolute atomic E-state index is 0.0133. The summed E-state index contributed by atoms with van der Waals surface area (Å²) in [6.07, 6.45) is 0. The Hall–Kier alpha value is -3.09. The molecule has 0 aliphatic carbocycles. The predicted octanol–water partition coefficient (Wildman–Crippen LogP) is 4.10. The van der Waals surface area contributed by atoms with E-state index in [1.54, 1.807) is 18.2 Å². The highest BCUT2D eigenvalue weighted by atomic mass is 16.6. The molecule has 0 spiro atoms. The fourth-order valence-electron chi connectivity index (χ4n) is 2.63. The molecule has 0 bridgehead atoms. The molecule has 1 aromatic heterocycles. The molecule has 0 amide bonds. The van der Waals surface area contributed by atoms with Crippen LogP contribution in [0.25, 0.3) is 21.9 Å². The maximum Gasteiger partial charge on any atom is 0.340 e. The summed E-state index contributed by atoms with van der Waals surface area (Å²) in [5.74, 6) is -0.480. The van der Waals surface area contributed by atoms with Gasteiger partial charge in [-0.25, -0.2) is 4.79 Å². The zero-order valence-corrected chi connectivity index (χ0v) is 13.5. The lowest BCUT2D eigenvalue weighted by Gasteiger charge is -2.13. The van der Waals surface area contributed by atoms with Gasteiger partial charge in [0.05, 0.1) is 17.6 Å². The van der Waals surface area contributed by atoms with E-state index in [9.17, 15) is 14.9 Å². The monoisotopic (exact) mass is 328 g/mol. The maximum atomic E-state index is 12.0. The Morgan fingerprint density at radius 3 is 2.54 bits per heavy atom. The molecule has 0 fully saturated rings. The second-order valence-corrected chi connectivity index (χ2v) is 5.72. The average molecular weight is 328 g/mol. The van der Waals surface area contributed by atoms with E-state index in [2.05, 4.69) is 5.32 Å². The van der Waals surface area contributed by atoms with Gasteiger partial charge in [0, 0.05) is 34.6 Å². The Morgan fingerprint density at radius 1 is 1.21 bits per heavy atom. The quantitative estimate of drug-likeness (QED) is 0.440. The third-order valence-electron chi connectivity index (χ3n) is 3.65. The minimum Gasteiger partial charge on any atom is -0.465 e. The van der Waals surface area contributed by atoms with E-state index < -0.39 is 10.9 Å². The summed E-state index contributed by atoms with van der Waals surface area (Å²) in [6, 6.07) is 7.87. The average Bonchev–Trinajstić information content (AvgIpc) is 2.89. The Morgan fingerprint density at radius 2 is 1.92 bits per heavy atom. The largest absolute Gasteiger partial charge is 0.465 e. The van der Waals surface area contributed by atoms with Gasteiger partial charge in [0.15, 0.2) is 0 Å². The number of carbonyl (C=O) groups is 1. The Kier molecular flexibility index (Phi) is 3.84. The van der Waals surface area contributed by atoms with Gasteiger partial charge in [-0.15, -0.1) is 0 Å². The number of methoxy groups -OCH3 is 1. The van der Waals surface area contributed by atoms with Crippen molar-refractivity contribution in [2.24, 2.45) is 0 Å². The van der Waals surface area contributed by atoms with Crippen molar-refractivity contribution in [3.8, 4) is 0 Å². The molecule has 0 saturated carbocycles. The molecule has 0 unspecified atom stereocenters. The first-order valence-corrected chi connectivity index (χ1v) is 7.40. The number of hydrogen-bond acceptors (Lipinski definition) is 6. The number of ether oxygens (including phenoxy) is 1. The van der Waals surface area contributed by atoms with Gasteiger partial charge in [-0.2, -0.15) is 0 Å². The molecule has 7 nitrogen and oxygen atoms in total. The number of nitrogens with one attached hydrogen (secondary N) is 1. The summed E-state index contributed by atoms with van der Waals surface area (Å²) in [5, 5.41) is 15.5. The molecule has 3 aromatic rings. The van der Waals surface area contributed by atoms with Gasteiger partial charge >= 0.3 is 5.97 Å². The van der Waals surface area contributed by atoms with Gasteiger partial charge < -0.3 is 14.5 Å². The first kappa shape index (κ1) is 15.8. The zero-order valence-electron chi connectivity index (χ0n) is 13.5. The van der Waals surface area contributed by atoms with Crippen molar-refractivity contribution >= 4 is 39.3 Å². The summed E-state index contributed by atoms with van der Waals surface area (Å²) < 4.78 is 10.5. The van der Waals surface area contributed by atoms with Crippen molar-refractivity contribution in [3.63, 3.8) is 0 Å². The summed E-state index contributed by atoms with van der Waals surface area (Å²) in [4.78, 5) is 22.6. The van der Waals surface area contributed by atoms with Crippen LogP contribution in [0.1, 0.15) is 24.2 Å². The topological polar surface area (TPSA) is 94.6 Å². The fourth-order valence-corrected chi connectivity index (χ4v) is 2.63. The van der Waals surface area contributed by atoms with Gasteiger partial charge in [0.1, 0.15) is 11.2 Å². The number of nitro groups is 1. The third kappa shape index (κ3) is 2.64. The third-order valence-corrected chi connectivity index (χ3v) is 3.65. The van der Waals surface area contributed by atoms with Crippen molar-refractivity contribution in [3.05, 3.63) is 46.0 Å². The van der Waals surface area contributed by atoms with E-state index in [1.807, 2.05) is 13.8 Å². The van der Waals surface area contributed by atoms with Gasteiger partial charge in [0.2, 0.25) is 0 Å². The van der Waals surface area contributed by atoms with E-state index >= 15 is 0 Å². The molecular weight excluding hydrogens is 312 g/mol. The van der Waals surface area contributed by atoms with Gasteiger partial charge in [-0.1, -0.05) is 0 Å². The summed E-state index contributed by atoms with van der Waals surface area (Å²) in [6.45, 7) is 3.90. The van der Waals surface area contributed by atoms with Crippen molar-refractivity contribution in [2.45, 2.75) is 19.9 Å². The van der Waals surface area contributed by atoms with E-state index in [1.165, 1.54) is 19.2 Å². The minimum atomic E-state index is -0.480. The van der Waals surface area contributed by atoms with E-state index in [-0.39, 0.29) is 11.7 Å². The lowest BCUT2D eigenvalue weighted by atomic mass is 10.1. The number of benzene rings is 2. The summed E-state index contributed by atoms with van der Waals surface area (Å²) in [7, 11) is 1.31. The molecule has 124 valence electrons. The van der Waals surface area contributed by atoms with Crippen molar-refractivity contribution < 1.29 is 18.9 Å². The smallest absolute Gasteiger partial charge is 0.340 e. The molecule has 24 heavy (non-hydrogen) atoms. The van der Waals surface area contributed by atoms with Crippen LogP contribution < -0.4 is 5.32 Å². The number of fused-ring (bicyclic) bond motifs is 3. The van der Waals surface area contributed by atoms with Crippen molar-refractivity contribution in [1.29, 1.82) is 0 Å². The van der Waals surface area contributed by atoms with Crippen LogP contribution in [0.4, 0.5) is 11.4 Å². The lowest BCUT2D eigenvalue weighted by molar-refractivity contribution is -0.384. The van der Waals surface area contributed by atoms with E-state index in [4.69, 9.17) is 9.15 Å². The normalized spacial score (nSPS) is 11.2. The zero-order chi connectivity index (χ0) is 17.4. The summed E-state index contributed by atoms with van der Waals surface area (Å²) >= 11 is 0. The standard InChI is InChI=1S/C17H16N2O5/c1-9(2)18-14-7-12-11-6-10(19(21)22)4-5-15(11)24-16(12)8-13(14)17(20)23-3/h4-9,18H,1-3H3. The molecule has 0 aliphatic heterocycles. The van der Waals surface area contributed by atoms with Crippen LogP contribution in [-0.2, 0) is 4.74 Å². The van der Waals surface area contributed by atoms with Gasteiger partial charge in [0.25, 0.3) is 5.69 Å². The number of esters is 1. The Balaban J connectivity index is 2.30. The Labute approximate surface area is 137 Å². The van der Waals surface area contributed by atoms with Gasteiger partial charge in [-0.3, -0.25) is 10.1 Å². The predicted molar refractivity (Wildman–Crippen MR) is 90.5 cm³/mol. The highest BCUT2D eigenvalue weighted by Gasteiger charge is 2.19.